The Morgan fingerprint density at radius 1 is 1.13 bits per heavy atom. The highest BCUT2D eigenvalue weighted by atomic mass is 31.2. The SMILES string of the molecule is CCC1(OP(=O)(O)OCC2OC(n3ccc(=O)[nH]c3=O)C(O)C2O)C(=O)OCc2c1cc1n(c2=O)Cc2cc3ccccc3nc2-1. The molecule has 1 aromatic carbocycles. The number of hydrogen-bond donors (Lipinski definition) is 4. The summed E-state index contributed by atoms with van der Waals surface area (Å²) in [5.74, 6) is -1.01. The van der Waals surface area contributed by atoms with Gasteiger partial charge in [-0.3, -0.25) is 28.2 Å². The standard InChI is InChI=1S/C29H27N4O12P/c1-2-29(45-46(40,41)43-13-20-23(35)24(36)26(44-20)32-8-7-21(34)31-28(32)39)17-10-19-22-15(9-14-5-3-4-6-18(14)30-22)11-33(19)25(37)16(17)12-42-27(29)38/h3-10,20,23-24,26,35-36H,2,11-13H2,1H3,(H,40,41)(H,31,34,39). The number of aromatic amines is 1. The number of aliphatic hydroxyl groups is 2. The minimum atomic E-state index is -5.19. The van der Waals surface area contributed by atoms with Gasteiger partial charge in [-0.15, -0.1) is 0 Å². The number of ether oxygens (including phenoxy) is 2. The van der Waals surface area contributed by atoms with Crippen LogP contribution in [0.2, 0.25) is 0 Å². The van der Waals surface area contributed by atoms with Crippen molar-refractivity contribution in [2.75, 3.05) is 6.61 Å². The predicted octanol–water partition coefficient (Wildman–Crippen LogP) is 0.390. The fourth-order valence-corrected chi connectivity index (χ4v) is 7.26. The zero-order valence-corrected chi connectivity index (χ0v) is 25.0. The molecule has 3 aromatic heterocycles. The van der Waals surface area contributed by atoms with Crippen LogP contribution in [0, 0.1) is 0 Å². The number of esters is 1. The van der Waals surface area contributed by atoms with E-state index in [1.807, 2.05) is 35.3 Å². The Kier molecular flexibility index (Phi) is 7.21. The molecule has 6 atom stereocenters. The molecule has 16 nitrogen and oxygen atoms in total. The minimum absolute atomic E-state index is 0.0354. The molecule has 3 aliphatic heterocycles. The minimum Gasteiger partial charge on any atom is -0.458 e. The zero-order valence-electron chi connectivity index (χ0n) is 24.1. The number of carbonyl (C=O) groups excluding carboxylic acids is 1. The first kappa shape index (κ1) is 30.4. The summed E-state index contributed by atoms with van der Waals surface area (Å²) in [4.78, 5) is 68.2. The lowest BCUT2D eigenvalue weighted by Crippen LogP contribution is -2.46. The second-order valence-electron chi connectivity index (χ2n) is 11.2. The Morgan fingerprint density at radius 3 is 2.67 bits per heavy atom. The molecular formula is C29H27N4O12P. The summed E-state index contributed by atoms with van der Waals surface area (Å²) in [5.41, 5.74) is -1.82. The van der Waals surface area contributed by atoms with Crippen molar-refractivity contribution >= 4 is 24.7 Å². The molecule has 4 aromatic rings. The second kappa shape index (κ2) is 10.9. The van der Waals surface area contributed by atoms with Crippen LogP contribution in [-0.2, 0) is 46.6 Å². The largest absolute Gasteiger partial charge is 0.473 e. The van der Waals surface area contributed by atoms with Gasteiger partial charge in [0.15, 0.2) is 6.23 Å². The normalized spacial score (nSPS) is 26.3. The van der Waals surface area contributed by atoms with Crippen LogP contribution in [0.1, 0.15) is 36.3 Å². The topological polar surface area (TPSA) is 221 Å². The molecule has 1 saturated heterocycles. The van der Waals surface area contributed by atoms with E-state index >= 15 is 0 Å². The third-order valence-electron chi connectivity index (χ3n) is 8.52. The van der Waals surface area contributed by atoms with Crippen LogP contribution in [0.3, 0.4) is 0 Å². The van der Waals surface area contributed by atoms with Crippen molar-refractivity contribution in [3.63, 3.8) is 0 Å². The number of rotatable bonds is 7. The number of aliphatic hydroxyl groups excluding tert-OH is 2. The Bertz CT molecular complexity index is 2140. The number of carbonyl (C=O) groups is 1. The van der Waals surface area contributed by atoms with Gasteiger partial charge in [-0.2, -0.15) is 0 Å². The van der Waals surface area contributed by atoms with E-state index in [1.54, 1.807) is 6.07 Å². The molecule has 0 bridgehead atoms. The number of nitrogens with zero attached hydrogens (tertiary/aromatic N) is 3. The highest BCUT2D eigenvalue weighted by molar-refractivity contribution is 7.47. The Morgan fingerprint density at radius 2 is 1.91 bits per heavy atom. The van der Waals surface area contributed by atoms with E-state index in [4.69, 9.17) is 23.5 Å². The lowest BCUT2D eigenvalue weighted by molar-refractivity contribution is -0.171. The van der Waals surface area contributed by atoms with Crippen LogP contribution >= 0.6 is 7.82 Å². The molecule has 6 heterocycles. The number of pyridine rings is 2. The maximum absolute atomic E-state index is 13.7. The highest BCUT2D eigenvalue weighted by Crippen LogP contribution is 2.54. The zero-order chi connectivity index (χ0) is 32.5. The molecule has 0 amide bonds. The Hall–Kier alpha value is -4.28. The van der Waals surface area contributed by atoms with Gasteiger partial charge in [-0.1, -0.05) is 25.1 Å². The van der Waals surface area contributed by atoms with Crippen molar-refractivity contribution < 1.29 is 43.0 Å². The van der Waals surface area contributed by atoms with E-state index < -0.39 is 67.3 Å². The predicted molar refractivity (Wildman–Crippen MR) is 156 cm³/mol. The Balaban J connectivity index is 1.18. The summed E-state index contributed by atoms with van der Waals surface area (Å²) < 4.78 is 37.2. The first-order chi connectivity index (χ1) is 21.9. The molecule has 0 radical (unpaired) electrons. The molecular weight excluding hydrogens is 627 g/mol. The van der Waals surface area contributed by atoms with Crippen LogP contribution in [0.25, 0.3) is 22.3 Å². The monoisotopic (exact) mass is 654 g/mol. The molecule has 0 saturated carbocycles. The number of hydrogen-bond acceptors (Lipinski definition) is 12. The van der Waals surface area contributed by atoms with Gasteiger partial charge in [0, 0.05) is 28.8 Å². The first-order valence-corrected chi connectivity index (χ1v) is 15.8. The summed E-state index contributed by atoms with van der Waals surface area (Å²) in [6.45, 7) is 0.533. The van der Waals surface area contributed by atoms with E-state index in [0.29, 0.717) is 16.9 Å². The van der Waals surface area contributed by atoms with Crippen LogP contribution in [0.15, 0.2) is 63.0 Å². The summed E-state index contributed by atoms with van der Waals surface area (Å²) in [6.07, 6.45) is -5.43. The van der Waals surface area contributed by atoms with E-state index in [9.17, 15) is 38.8 Å². The molecule has 3 aliphatic rings. The highest BCUT2D eigenvalue weighted by Gasteiger charge is 2.53. The number of benzene rings is 1. The number of aromatic nitrogens is 4. The number of H-pyrrole nitrogens is 1. The van der Waals surface area contributed by atoms with Crippen LogP contribution in [-0.4, -0.2) is 65.1 Å². The smallest absolute Gasteiger partial charge is 0.458 e. The quantitative estimate of drug-likeness (QED) is 0.138. The van der Waals surface area contributed by atoms with Crippen molar-refractivity contribution in [3.8, 4) is 11.4 Å². The Labute approximate surface area is 258 Å². The van der Waals surface area contributed by atoms with Crippen LogP contribution < -0.4 is 16.8 Å². The third kappa shape index (κ3) is 4.77. The summed E-state index contributed by atoms with van der Waals surface area (Å²) in [5, 5.41) is 21.9. The van der Waals surface area contributed by atoms with Crippen LogP contribution in [0.4, 0.5) is 0 Å². The van der Waals surface area contributed by atoms with Gasteiger partial charge in [0.1, 0.15) is 24.9 Å². The molecule has 1 fully saturated rings. The van der Waals surface area contributed by atoms with Gasteiger partial charge >= 0.3 is 19.5 Å². The van der Waals surface area contributed by atoms with Crippen molar-refractivity contribution in [1.82, 2.24) is 19.1 Å². The number of phosphoric ester groups is 1. The summed E-state index contributed by atoms with van der Waals surface area (Å²) in [7, 11) is -5.19. The number of nitrogens with one attached hydrogen (secondary N) is 1. The first-order valence-electron chi connectivity index (χ1n) is 14.3. The fraction of sp³-hybridized carbons (Fsp3) is 0.345. The number of cyclic esters (lactones) is 1. The number of phosphoric acid groups is 1. The van der Waals surface area contributed by atoms with E-state index in [1.165, 1.54) is 11.5 Å². The maximum Gasteiger partial charge on any atom is 0.473 e. The van der Waals surface area contributed by atoms with Crippen molar-refractivity contribution in [3.05, 3.63) is 96.5 Å². The van der Waals surface area contributed by atoms with Crippen molar-refractivity contribution in [1.29, 1.82) is 0 Å². The van der Waals surface area contributed by atoms with Crippen LogP contribution in [0.5, 0.6) is 0 Å². The summed E-state index contributed by atoms with van der Waals surface area (Å²) >= 11 is 0. The fourth-order valence-electron chi connectivity index (χ4n) is 6.18. The van der Waals surface area contributed by atoms with E-state index in [2.05, 4.69) is 0 Å². The molecule has 0 spiro atoms. The molecule has 6 unspecified atom stereocenters. The average molecular weight is 655 g/mol. The third-order valence-corrected chi connectivity index (χ3v) is 9.54. The van der Waals surface area contributed by atoms with Gasteiger partial charge in [0.25, 0.3) is 11.1 Å². The summed E-state index contributed by atoms with van der Waals surface area (Å²) in [6, 6.07) is 11.9. The van der Waals surface area contributed by atoms with Gasteiger partial charge in [-0.25, -0.2) is 19.1 Å². The molecule has 4 N–H and O–H groups in total. The average Bonchev–Trinajstić information content (AvgIpc) is 3.52. The molecule has 17 heteroatoms. The number of fused-ring (bicyclic) bond motifs is 5. The van der Waals surface area contributed by atoms with Gasteiger partial charge in [-0.05, 0) is 24.6 Å². The van der Waals surface area contributed by atoms with Gasteiger partial charge in [0.05, 0.1) is 35.6 Å². The lowest BCUT2D eigenvalue weighted by atomic mass is 9.86. The van der Waals surface area contributed by atoms with Crippen molar-refractivity contribution in [2.45, 2.75) is 56.6 Å². The molecule has 7 rings (SSSR count). The van der Waals surface area contributed by atoms with E-state index in [0.717, 1.165) is 27.8 Å². The number of para-hydroxylation sites is 1. The molecule has 0 aliphatic carbocycles. The second-order valence-corrected chi connectivity index (χ2v) is 12.6. The van der Waals surface area contributed by atoms with Crippen molar-refractivity contribution in [2.24, 2.45) is 0 Å². The molecule has 240 valence electrons. The van der Waals surface area contributed by atoms with Gasteiger partial charge < -0.3 is 29.1 Å². The lowest BCUT2D eigenvalue weighted by Gasteiger charge is -2.36. The van der Waals surface area contributed by atoms with E-state index in [-0.39, 0.29) is 30.7 Å². The van der Waals surface area contributed by atoms with Gasteiger partial charge in [0.2, 0.25) is 5.60 Å². The molecule has 46 heavy (non-hydrogen) atoms. The maximum atomic E-state index is 13.7.